The fourth-order valence-electron chi connectivity index (χ4n) is 0.798. The quantitative estimate of drug-likeness (QED) is 0.813. The van der Waals surface area contributed by atoms with Gasteiger partial charge < -0.3 is 5.11 Å². The molecule has 1 aromatic rings. The maximum atomic E-state index is 13.0. The molecule has 0 amide bonds. The van der Waals surface area contributed by atoms with E-state index in [9.17, 15) is 9.18 Å². The first kappa shape index (κ1) is 9.92. The van der Waals surface area contributed by atoms with Crippen LogP contribution in [-0.2, 0) is 4.79 Å². The summed E-state index contributed by atoms with van der Waals surface area (Å²) >= 11 is 3.10. The Kier molecular flexibility index (Phi) is 3.19. The molecule has 0 fully saturated rings. The van der Waals surface area contributed by atoms with Gasteiger partial charge in [0.05, 0.1) is 0 Å². The summed E-state index contributed by atoms with van der Waals surface area (Å²) < 4.78 is 13.6. The number of rotatable bonds is 2. The number of aliphatic carboxylic acids is 1. The average Bonchev–Trinajstić information content (AvgIpc) is 2.02. The molecule has 0 atom stereocenters. The highest BCUT2D eigenvalue weighted by Gasteiger charge is 1.98. The van der Waals surface area contributed by atoms with Crippen LogP contribution in [0.25, 0.3) is 6.08 Å². The molecule has 0 unspecified atom stereocenters. The molecule has 2 nitrogen and oxygen atoms in total. The van der Waals surface area contributed by atoms with Gasteiger partial charge >= 0.3 is 5.97 Å². The van der Waals surface area contributed by atoms with Crippen LogP contribution < -0.4 is 0 Å². The van der Waals surface area contributed by atoms with Crippen LogP contribution >= 0.6 is 15.9 Å². The van der Waals surface area contributed by atoms with Crippen molar-refractivity contribution in [3.05, 3.63) is 40.1 Å². The SMILES string of the molecule is O=C(O)/C=C\c1ccc(Br)cc1F. The van der Waals surface area contributed by atoms with Gasteiger partial charge in [0.15, 0.2) is 0 Å². The second-order valence-electron chi connectivity index (χ2n) is 2.34. The third kappa shape index (κ3) is 2.99. The van der Waals surface area contributed by atoms with Crippen LogP contribution in [0.4, 0.5) is 4.39 Å². The van der Waals surface area contributed by atoms with Crippen molar-refractivity contribution in [2.75, 3.05) is 0 Å². The van der Waals surface area contributed by atoms with Gasteiger partial charge in [0, 0.05) is 16.1 Å². The largest absolute Gasteiger partial charge is 0.478 e. The van der Waals surface area contributed by atoms with Crippen LogP contribution in [0.15, 0.2) is 28.7 Å². The Morgan fingerprint density at radius 3 is 2.77 bits per heavy atom. The third-order valence-electron chi connectivity index (χ3n) is 1.37. The van der Waals surface area contributed by atoms with Crippen LogP contribution in [0.2, 0.25) is 0 Å². The van der Waals surface area contributed by atoms with Crippen molar-refractivity contribution >= 4 is 28.0 Å². The maximum absolute atomic E-state index is 13.0. The van der Waals surface area contributed by atoms with Gasteiger partial charge in [0.1, 0.15) is 5.82 Å². The molecule has 68 valence electrons. The molecule has 0 aliphatic rings. The van der Waals surface area contributed by atoms with Gasteiger partial charge in [-0.3, -0.25) is 0 Å². The summed E-state index contributed by atoms with van der Waals surface area (Å²) in [5, 5.41) is 8.30. The minimum atomic E-state index is -1.10. The number of benzene rings is 1. The Bertz CT molecular complexity index is 361. The summed E-state index contributed by atoms with van der Waals surface area (Å²) in [5.74, 6) is -1.55. The minimum absolute atomic E-state index is 0.255. The molecule has 0 spiro atoms. The normalized spacial score (nSPS) is 10.6. The lowest BCUT2D eigenvalue weighted by Crippen LogP contribution is -1.87. The smallest absolute Gasteiger partial charge is 0.328 e. The van der Waals surface area contributed by atoms with Crippen molar-refractivity contribution in [3.8, 4) is 0 Å². The first-order chi connectivity index (χ1) is 6.09. The highest BCUT2D eigenvalue weighted by atomic mass is 79.9. The predicted octanol–water partition coefficient (Wildman–Crippen LogP) is 2.69. The van der Waals surface area contributed by atoms with Crippen molar-refractivity contribution in [1.29, 1.82) is 0 Å². The van der Waals surface area contributed by atoms with E-state index in [1.807, 2.05) is 0 Å². The van der Waals surface area contributed by atoms with E-state index in [0.29, 0.717) is 4.47 Å². The van der Waals surface area contributed by atoms with Gasteiger partial charge in [0.2, 0.25) is 0 Å². The van der Waals surface area contributed by atoms with Gasteiger partial charge in [-0.1, -0.05) is 22.0 Å². The molecule has 0 saturated carbocycles. The number of hydrogen-bond donors (Lipinski definition) is 1. The second kappa shape index (κ2) is 4.18. The average molecular weight is 245 g/mol. The molecule has 13 heavy (non-hydrogen) atoms. The van der Waals surface area contributed by atoms with Crippen molar-refractivity contribution in [1.82, 2.24) is 0 Å². The highest BCUT2D eigenvalue weighted by Crippen LogP contribution is 2.16. The molecule has 0 saturated heterocycles. The summed E-state index contributed by atoms with van der Waals surface area (Å²) in [6, 6.07) is 4.42. The monoisotopic (exact) mass is 244 g/mol. The number of halogens is 2. The maximum Gasteiger partial charge on any atom is 0.328 e. The number of carboxylic acids is 1. The topological polar surface area (TPSA) is 37.3 Å². The molecule has 0 aromatic heterocycles. The molecular weight excluding hydrogens is 239 g/mol. The fourth-order valence-corrected chi connectivity index (χ4v) is 1.13. The Morgan fingerprint density at radius 1 is 1.54 bits per heavy atom. The van der Waals surface area contributed by atoms with Gasteiger partial charge in [-0.05, 0) is 18.2 Å². The van der Waals surface area contributed by atoms with Crippen molar-refractivity contribution in [3.63, 3.8) is 0 Å². The van der Waals surface area contributed by atoms with E-state index in [-0.39, 0.29) is 5.56 Å². The van der Waals surface area contributed by atoms with E-state index < -0.39 is 11.8 Å². The van der Waals surface area contributed by atoms with Gasteiger partial charge in [-0.25, -0.2) is 9.18 Å². The Labute approximate surface area is 82.8 Å². The van der Waals surface area contributed by atoms with Crippen LogP contribution in [0, 0.1) is 5.82 Å². The van der Waals surface area contributed by atoms with E-state index in [4.69, 9.17) is 5.11 Å². The molecule has 0 heterocycles. The van der Waals surface area contributed by atoms with Crippen LogP contribution in [0.5, 0.6) is 0 Å². The summed E-state index contributed by atoms with van der Waals surface area (Å²) in [6.45, 7) is 0. The number of hydrogen-bond acceptors (Lipinski definition) is 1. The molecule has 1 N–H and O–H groups in total. The van der Waals surface area contributed by atoms with Crippen molar-refractivity contribution in [2.45, 2.75) is 0 Å². The Hall–Kier alpha value is -1.16. The lowest BCUT2D eigenvalue weighted by molar-refractivity contribution is -0.131. The second-order valence-corrected chi connectivity index (χ2v) is 3.25. The van der Waals surface area contributed by atoms with Gasteiger partial charge in [0.25, 0.3) is 0 Å². The third-order valence-corrected chi connectivity index (χ3v) is 1.86. The van der Waals surface area contributed by atoms with E-state index in [1.165, 1.54) is 18.2 Å². The minimum Gasteiger partial charge on any atom is -0.478 e. The predicted molar refractivity (Wildman–Crippen MR) is 50.8 cm³/mol. The molecule has 1 aromatic carbocycles. The number of carbonyl (C=O) groups is 1. The van der Waals surface area contributed by atoms with Crippen LogP contribution in [0.1, 0.15) is 5.56 Å². The molecule has 0 aliphatic heterocycles. The standard InChI is InChI=1S/C9H6BrFO2/c10-7-3-1-6(8(11)5-7)2-4-9(12)13/h1-5H,(H,12,13)/b4-2-. The number of carboxylic acid groups (broad SMARTS) is 1. The van der Waals surface area contributed by atoms with E-state index in [2.05, 4.69) is 15.9 Å². The van der Waals surface area contributed by atoms with Crippen molar-refractivity contribution in [2.24, 2.45) is 0 Å². The molecule has 0 bridgehead atoms. The van der Waals surface area contributed by atoms with Crippen molar-refractivity contribution < 1.29 is 14.3 Å². The Balaban J connectivity index is 2.96. The lowest BCUT2D eigenvalue weighted by Gasteiger charge is -1.96. The van der Waals surface area contributed by atoms with E-state index in [1.54, 1.807) is 6.07 Å². The van der Waals surface area contributed by atoms with Crippen LogP contribution in [-0.4, -0.2) is 11.1 Å². The molecule has 4 heteroatoms. The molecule has 0 aliphatic carbocycles. The molecule has 0 radical (unpaired) electrons. The lowest BCUT2D eigenvalue weighted by atomic mass is 10.2. The highest BCUT2D eigenvalue weighted by molar-refractivity contribution is 9.10. The Morgan fingerprint density at radius 2 is 2.23 bits per heavy atom. The molecular formula is C9H6BrFO2. The van der Waals surface area contributed by atoms with Crippen LogP contribution in [0.3, 0.4) is 0 Å². The zero-order chi connectivity index (χ0) is 9.84. The van der Waals surface area contributed by atoms with Gasteiger partial charge in [-0.15, -0.1) is 0 Å². The fraction of sp³-hybridized carbons (Fsp3) is 0. The summed E-state index contributed by atoms with van der Waals surface area (Å²) in [4.78, 5) is 10.1. The van der Waals surface area contributed by atoms with E-state index in [0.717, 1.165) is 6.08 Å². The zero-order valence-corrected chi connectivity index (χ0v) is 8.08. The zero-order valence-electron chi connectivity index (χ0n) is 6.50. The van der Waals surface area contributed by atoms with Gasteiger partial charge in [-0.2, -0.15) is 0 Å². The first-order valence-electron chi connectivity index (χ1n) is 3.45. The summed E-state index contributed by atoms with van der Waals surface area (Å²) in [5.41, 5.74) is 0.255. The van der Waals surface area contributed by atoms with E-state index >= 15 is 0 Å². The molecule has 1 rings (SSSR count). The summed E-state index contributed by atoms with van der Waals surface area (Å²) in [7, 11) is 0. The summed E-state index contributed by atoms with van der Waals surface area (Å²) in [6.07, 6.45) is 2.11. The first-order valence-corrected chi connectivity index (χ1v) is 4.25.